The molecule has 0 radical (unpaired) electrons. The predicted molar refractivity (Wildman–Crippen MR) is 197 cm³/mol. The first kappa shape index (κ1) is 46.0. The van der Waals surface area contributed by atoms with Crippen molar-refractivity contribution in [3.63, 3.8) is 0 Å². The average Bonchev–Trinajstić information content (AvgIpc) is 3.32. The van der Waals surface area contributed by atoms with Gasteiger partial charge in [0.25, 0.3) is 0 Å². The van der Waals surface area contributed by atoms with E-state index in [1.807, 2.05) is 0 Å². The maximum absolute atomic E-state index is 14.6. The van der Waals surface area contributed by atoms with Crippen LogP contribution in [0.1, 0.15) is 86.0 Å². The number of carbonyl (C=O) groups is 8. The van der Waals surface area contributed by atoms with E-state index in [4.69, 9.17) is 33.2 Å². The third kappa shape index (κ3) is 10.9. The van der Waals surface area contributed by atoms with Gasteiger partial charge in [-0.15, -0.1) is 0 Å². The lowest BCUT2D eigenvalue weighted by Crippen LogP contribution is -2.58. The number of benzene rings is 1. The van der Waals surface area contributed by atoms with Crippen molar-refractivity contribution >= 4 is 47.6 Å². The van der Waals surface area contributed by atoms with Crippen LogP contribution in [0.15, 0.2) is 54.6 Å². The lowest BCUT2D eigenvalue weighted by Gasteiger charge is -2.44. The highest BCUT2D eigenvalue weighted by Crippen LogP contribution is 2.52. The Morgan fingerprint density at radius 3 is 1.91 bits per heavy atom. The third-order valence-corrected chi connectivity index (χ3v) is 9.71. The van der Waals surface area contributed by atoms with Crippen LogP contribution in [0.25, 0.3) is 0 Å². The van der Waals surface area contributed by atoms with Gasteiger partial charge in [-0.2, -0.15) is 0 Å². The van der Waals surface area contributed by atoms with Crippen molar-refractivity contribution in [1.82, 2.24) is 0 Å². The van der Waals surface area contributed by atoms with Crippen LogP contribution in [0, 0.1) is 23.2 Å². The molecule has 0 bridgehead atoms. The summed E-state index contributed by atoms with van der Waals surface area (Å²) < 4.78 is 39.9. The van der Waals surface area contributed by atoms with Crippen LogP contribution >= 0.6 is 0 Å². The summed E-state index contributed by atoms with van der Waals surface area (Å²) in [5.41, 5.74) is -6.32. The second-order valence-electron chi connectivity index (χ2n) is 15.4. The van der Waals surface area contributed by atoms with Crippen molar-refractivity contribution in [2.45, 2.75) is 117 Å². The number of esters is 7. The molecule has 1 unspecified atom stereocenters. The summed E-state index contributed by atoms with van der Waals surface area (Å²) in [4.78, 5) is 105. The van der Waals surface area contributed by atoms with Gasteiger partial charge < -0.3 is 38.3 Å². The fourth-order valence-corrected chi connectivity index (χ4v) is 7.22. The minimum absolute atomic E-state index is 0.114. The van der Waals surface area contributed by atoms with Crippen LogP contribution in [0.3, 0.4) is 0 Å². The number of carbonyl (C=O) groups excluding carboxylic acids is 8. The Bertz CT molecular complexity index is 1780. The van der Waals surface area contributed by atoms with Crippen molar-refractivity contribution in [3.05, 3.63) is 60.2 Å². The van der Waals surface area contributed by atoms with E-state index >= 15 is 0 Å². The maximum Gasteiger partial charge on any atom is 0.344 e. The van der Waals surface area contributed by atoms with Gasteiger partial charge in [-0.1, -0.05) is 71.5 Å². The summed E-state index contributed by atoms with van der Waals surface area (Å²) in [5.74, 6) is -11.4. The van der Waals surface area contributed by atoms with E-state index in [1.165, 1.54) is 52.0 Å². The van der Waals surface area contributed by atoms with Gasteiger partial charge in [-0.25, -0.2) is 9.59 Å². The molecule has 3 rings (SSSR count). The van der Waals surface area contributed by atoms with Crippen molar-refractivity contribution < 1.29 is 76.6 Å². The number of ether oxygens (including phenoxy) is 7. The molecule has 2 aliphatic carbocycles. The molecule has 1 fully saturated rings. The molecule has 1 saturated carbocycles. The first-order chi connectivity index (χ1) is 26.3. The lowest BCUT2D eigenvalue weighted by molar-refractivity contribution is -0.195. The van der Waals surface area contributed by atoms with E-state index in [0.29, 0.717) is 0 Å². The first-order valence-electron chi connectivity index (χ1n) is 18.3. The van der Waals surface area contributed by atoms with Gasteiger partial charge in [0.1, 0.15) is 17.3 Å². The Hall–Kier alpha value is -5.38. The predicted octanol–water partition coefficient (Wildman–Crippen LogP) is 3.55. The van der Waals surface area contributed by atoms with Crippen molar-refractivity contribution in [3.8, 4) is 0 Å². The fourth-order valence-electron chi connectivity index (χ4n) is 7.22. The fraction of sp³-hybridized carbons (Fsp3) is 0.561. The number of hydrogen-bond acceptors (Lipinski definition) is 16. The molecule has 0 spiro atoms. The zero-order valence-electron chi connectivity index (χ0n) is 33.9. The number of fused-ring (bicyclic) bond motifs is 1. The second kappa shape index (κ2) is 18.3. The molecule has 16 heteroatoms. The first-order valence-corrected chi connectivity index (χ1v) is 18.3. The molecule has 9 atom stereocenters. The van der Waals surface area contributed by atoms with Crippen molar-refractivity contribution in [2.24, 2.45) is 23.2 Å². The number of Topliss-reactive ketones (excluding diaryl/α,β-unsaturated/α-hetero) is 1. The number of aliphatic hydroxyl groups is 1. The molecule has 16 nitrogen and oxygen atoms in total. The SMILES string of the molecule is C=C1[C@H](OC(=O)C(C)C)[C@@H](OC(C)=O)[C@@H](OC(C)=O)C(C)(C)C=C[C@H](C)C(=O)[C@@]2(O)C[C@@](C)(OC(C)=O)C(OC(=O)COC(=O)c3ccccc3)[C@@H]2[C@H]1OC(C)=O. The quantitative estimate of drug-likeness (QED) is 0.203. The molecule has 57 heavy (non-hydrogen) atoms. The summed E-state index contributed by atoms with van der Waals surface area (Å²) in [7, 11) is 0. The minimum atomic E-state index is -2.68. The van der Waals surface area contributed by atoms with E-state index in [2.05, 4.69) is 6.58 Å². The van der Waals surface area contributed by atoms with E-state index < -0.39 is 131 Å². The Morgan fingerprint density at radius 1 is 0.807 bits per heavy atom. The normalized spacial score (nSPS) is 29.7. The van der Waals surface area contributed by atoms with Crippen LogP contribution in [-0.2, 0) is 66.7 Å². The molecule has 312 valence electrons. The summed E-state index contributed by atoms with van der Waals surface area (Å²) in [6, 6.07) is 7.71. The van der Waals surface area contributed by atoms with Crippen LogP contribution in [0.5, 0.6) is 0 Å². The van der Waals surface area contributed by atoms with Gasteiger partial charge in [0.05, 0.1) is 17.4 Å². The van der Waals surface area contributed by atoms with Crippen LogP contribution < -0.4 is 0 Å². The Balaban J connectivity index is 2.40. The summed E-state index contributed by atoms with van der Waals surface area (Å²) in [6.07, 6.45) is -6.67. The Kier molecular flexibility index (Phi) is 14.7. The number of ketones is 1. The molecular weight excluding hydrogens is 748 g/mol. The molecule has 2 aliphatic rings. The molecule has 0 heterocycles. The lowest BCUT2D eigenvalue weighted by atomic mass is 9.72. The van der Waals surface area contributed by atoms with Gasteiger partial charge in [0, 0.05) is 51.0 Å². The second-order valence-corrected chi connectivity index (χ2v) is 15.4. The standard InChI is InChI=1S/C41H52O16/c1-21(2)37(48)56-32-23(4)31(52-24(5)42)30-35(55-29(46)19-51-38(49)28-15-13-12-14-16-28)40(11,57-27(8)45)20-41(30,50)34(47)22(3)17-18-39(9,10)36(54-26(7)44)33(32)53-25(6)43/h12-18,21-22,30-33,35-36,50H,4,19-20H2,1-3,5-11H3/t22-,30-,31-,32-,33+,35?,36+,40+,41+/m0/s1. The zero-order chi connectivity index (χ0) is 43.2. The monoisotopic (exact) mass is 800 g/mol. The van der Waals surface area contributed by atoms with Gasteiger partial charge >= 0.3 is 41.8 Å². The highest BCUT2D eigenvalue weighted by atomic mass is 16.6. The van der Waals surface area contributed by atoms with Gasteiger partial charge in [-0.3, -0.25) is 28.8 Å². The van der Waals surface area contributed by atoms with Crippen LogP contribution in [-0.4, -0.2) is 101 Å². The number of allylic oxidation sites excluding steroid dienone is 1. The largest absolute Gasteiger partial charge is 0.458 e. The van der Waals surface area contributed by atoms with E-state index in [-0.39, 0.29) is 5.56 Å². The van der Waals surface area contributed by atoms with Crippen LogP contribution in [0.2, 0.25) is 0 Å². The Labute approximate surface area is 331 Å². The van der Waals surface area contributed by atoms with Gasteiger partial charge in [-0.05, 0) is 19.1 Å². The van der Waals surface area contributed by atoms with Gasteiger partial charge in [0.15, 0.2) is 36.8 Å². The molecule has 1 N–H and O–H groups in total. The highest BCUT2D eigenvalue weighted by Gasteiger charge is 2.69. The molecule has 0 aliphatic heterocycles. The topological polar surface area (TPSA) is 221 Å². The van der Waals surface area contributed by atoms with E-state index in [0.717, 1.165) is 27.7 Å². The number of hydrogen-bond donors (Lipinski definition) is 1. The Morgan fingerprint density at radius 2 is 1.39 bits per heavy atom. The van der Waals surface area contributed by atoms with Crippen LogP contribution in [0.4, 0.5) is 0 Å². The third-order valence-electron chi connectivity index (χ3n) is 9.71. The average molecular weight is 801 g/mol. The van der Waals surface area contributed by atoms with Crippen molar-refractivity contribution in [2.75, 3.05) is 6.61 Å². The molecule has 0 aromatic heterocycles. The molecule has 1 aromatic rings. The smallest absolute Gasteiger partial charge is 0.344 e. The summed E-state index contributed by atoms with van der Waals surface area (Å²) in [5, 5.41) is 12.8. The highest BCUT2D eigenvalue weighted by molar-refractivity contribution is 5.92. The summed E-state index contributed by atoms with van der Waals surface area (Å²) >= 11 is 0. The van der Waals surface area contributed by atoms with E-state index in [1.54, 1.807) is 32.0 Å². The minimum Gasteiger partial charge on any atom is -0.458 e. The maximum atomic E-state index is 14.6. The van der Waals surface area contributed by atoms with Gasteiger partial charge in [0.2, 0.25) is 0 Å². The molecular formula is C41H52O16. The molecule has 1 aromatic carbocycles. The molecule has 0 amide bonds. The zero-order valence-corrected chi connectivity index (χ0v) is 33.9. The molecule has 0 saturated heterocycles. The summed E-state index contributed by atoms with van der Waals surface area (Å²) in [6.45, 7) is 16.2. The number of rotatable bonds is 10. The van der Waals surface area contributed by atoms with Crippen molar-refractivity contribution in [1.29, 1.82) is 0 Å². The van der Waals surface area contributed by atoms with E-state index in [9.17, 15) is 43.5 Å².